The van der Waals surface area contributed by atoms with Gasteiger partial charge in [0, 0.05) is 17.5 Å². The highest BCUT2D eigenvalue weighted by Gasteiger charge is 2.10. The Kier molecular flexibility index (Phi) is 5.17. The number of benzene rings is 3. The van der Waals surface area contributed by atoms with Gasteiger partial charge in [0.1, 0.15) is 5.75 Å². The van der Waals surface area contributed by atoms with Gasteiger partial charge in [-0.15, -0.1) is 0 Å². The Labute approximate surface area is 145 Å². The zero-order valence-electron chi connectivity index (χ0n) is 14.0. The maximum absolute atomic E-state index is 10.2. The lowest BCUT2D eigenvalue weighted by atomic mass is 10.1. The lowest BCUT2D eigenvalue weighted by Gasteiger charge is -2.15. The highest BCUT2D eigenvalue weighted by Crippen LogP contribution is 2.23. The zero-order chi connectivity index (χ0) is 16.9. The van der Waals surface area contributed by atoms with E-state index in [4.69, 9.17) is 0 Å². The molecule has 24 heavy (non-hydrogen) atoms. The van der Waals surface area contributed by atoms with E-state index < -0.39 is 0 Å². The van der Waals surface area contributed by atoms with E-state index in [0.717, 1.165) is 17.5 Å². The predicted molar refractivity (Wildman–Crippen MR) is 105 cm³/mol. The van der Waals surface area contributed by atoms with Crippen molar-refractivity contribution in [1.29, 1.82) is 0 Å². The molecule has 0 aliphatic rings. The first-order valence-corrected chi connectivity index (χ1v) is 9.07. The summed E-state index contributed by atoms with van der Waals surface area (Å²) >= 11 is 0. The van der Waals surface area contributed by atoms with Crippen LogP contribution in [0.1, 0.15) is 16.7 Å². The number of aromatic hydroxyl groups is 1. The van der Waals surface area contributed by atoms with Crippen molar-refractivity contribution in [2.75, 3.05) is 5.32 Å². The van der Waals surface area contributed by atoms with E-state index in [-0.39, 0.29) is 0 Å². The zero-order valence-corrected chi connectivity index (χ0v) is 15.0. The Morgan fingerprint density at radius 2 is 1.71 bits per heavy atom. The van der Waals surface area contributed by atoms with Crippen molar-refractivity contribution in [1.82, 2.24) is 0 Å². The van der Waals surface area contributed by atoms with Crippen LogP contribution in [0.3, 0.4) is 0 Å². The first-order chi connectivity index (χ1) is 11.6. The molecule has 3 aromatic rings. The van der Waals surface area contributed by atoms with Crippen molar-refractivity contribution in [2.45, 2.75) is 20.4 Å². The lowest BCUT2D eigenvalue weighted by molar-refractivity contribution is 0.479. The minimum Gasteiger partial charge on any atom is -0.507 e. The van der Waals surface area contributed by atoms with E-state index >= 15 is 0 Å². The third-order valence-electron chi connectivity index (χ3n) is 4.03. The molecule has 122 valence electrons. The molecule has 3 rings (SSSR count). The average Bonchev–Trinajstić information content (AvgIpc) is 2.59. The minimum absolute atomic E-state index is 0.379. The maximum Gasteiger partial charge on any atom is 0.123 e. The SMILES string of the molecule is Cc1ccc(O)c(Pc2c(C)cccc2CNc2ccccc2)c1. The second-order valence-electron chi connectivity index (χ2n) is 5.97. The molecule has 0 bridgehead atoms. The van der Waals surface area contributed by atoms with Crippen LogP contribution in [-0.2, 0) is 6.54 Å². The monoisotopic (exact) mass is 335 g/mol. The molecular weight excluding hydrogens is 313 g/mol. The molecule has 0 aromatic heterocycles. The van der Waals surface area contributed by atoms with E-state index in [0.29, 0.717) is 14.3 Å². The summed E-state index contributed by atoms with van der Waals surface area (Å²) in [6, 6.07) is 22.4. The Bertz CT molecular complexity index is 830. The average molecular weight is 335 g/mol. The van der Waals surface area contributed by atoms with Gasteiger partial charge in [-0.25, -0.2) is 0 Å². The second kappa shape index (κ2) is 7.51. The fraction of sp³-hybridized carbons (Fsp3) is 0.143. The molecule has 0 saturated heterocycles. The van der Waals surface area contributed by atoms with Crippen molar-refractivity contribution >= 4 is 24.9 Å². The summed E-state index contributed by atoms with van der Waals surface area (Å²) in [6.07, 6.45) is 0. The van der Waals surface area contributed by atoms with Gasteiger partial charge in [0.2, 0.25) is 0 Å². The summed E-state index contributed by atoms with van der Waals surface area (Å²) in [5.74, 6) is 0.379. The molecule has 0 radical (unpaired) electrons. The van der Waals surface area contributed by atoms with Crippen molar-refractivity contribution in [2.24, 2.45) is 0 Å². The summed E-state index contributed by atoms with van der Waals surface area (Å²) in [5.41, 5.74) is 4.83. The molecule has 3 aromatic carbocycles. The Balaban J connectivity index is 1.86. The number of hydrogen-bond acceptors (Lipinski definition) is 2. The molecule has 0 saturated carbocycles. The number of para-hydroxylation sites is 1. The van der Waals surface area contributed by atoms with Crippen molar-refractivity contribution in [3.8, 4) is 5.75 Å². The largest absolute Gasteiger partial charge is 0.507 e. The fourth-order valence-electron chi connectivity index (χ4n) is 2.69. The molecule has 1 unspecified atom stereocenters. The topological polar surface area (TPSA) is 32.3 Å². The Morgan fingerprint density at radius 1 is 0.917 bits per heavy atom. The van der Waals surface area contributed by atoms with E-state index in [2.05, 4.69) is 55.6 Å². The molecule has 0 aliphatic heterocycles. The van der Waals surface area contributed by atoms with Crippen LogP contribution in [0.2, 0.25) is 0 Å². The highest BCUT2D eigenvalue weighted by molar-refractivity contribution is 7.56. The molecule has 1 atom stereocenters. The Hall–Kier alpha value is -2.31. The predicted octanol–water partition coefficient (Wildman–Crippen LogP) is 4.25. The van der Waals surface area contributed by atoms with Gasteiger partial charge >= 0.3 is 0 Å². The highest BCUT2D eigenvalue weighted by atomic mass is 31.1. The van der Waals surface area contributed by atoms with Gasteiger partial charge in [0.15, 0.2) is 0 Å². The van der Waals surface area contributed by atoms with Gasteiger partial charge in [-0.05, 0) is 54.5 Å². The summed E-state index contributed by atoms with van der Waals surface area (Å²) < 4.78 is 0. The van der Waals surface area contributed by atoms with Gasteiger partial charge < -0.3 is 10.4 Å². The number of aryl methyl sites for hydroxylation is 2. The van der Waals surface area contributed by atoms with Crippen LogP contribution < -0.4 is 15.9 Å². The third kappa shape index (κ3) is 3.96. The number of phenols is 1. The molecular formula is C21H22NOP. The van der Waals surface area contributed by atoms with Gasteiger partial charge in [-0.2, -0.15) is 0 Å². The third-order valence-corrected chi connectivity index (χ3v) is 5.66. The lowest BCUT2D eigenvalue weighted by Crippen LogP contribution is -2.15. The van der Waals surface area contributed by atoms with E-state index in [1.807, 2.05) is 24.3 Å². The van der Waals surface area contributed by atoms with E-state index in [1.165, 1.54) is 22.0 Å². The fourth-order valence-corrected chi connectivity index (χ4v) is 4.09. The Morgan fingerprint density at radius 3 is 2.50 bits per heavy atom. The van der Waals surface area contributed by atoms with Crippen LogP contribution in [0, 0.1) is 13.8 Å². The van der Waals surface area contributed by atoms with Crippen molar-refractivity contribution < 1.29 is 5.11 Å². The van der Waals surface area contributed by atoms with Crippen molar-refractivity contribution in [3.05, 3.63) is 83.4 Å². The first kappa shape index (κ1) is 16.5. The molecule has 2 nitrogen and oxygen atoms in total. The smallest absolute Gasteiger partial charge is 0.123 e. The van der Waals surface area contributed by atoms with Crippen LogP contribution in [0.25, 0.3) is 0 Å². The summed E-state index contributed by atoms with van der Waals surface area (Å²) in [5, 5.41) is 16.0. The van der Waals surface area contributed by atoms with Crippen LogP contribution in [0.4, 0.5) is 5.69 Å². The first-order valence-electron chi connectivity index (χ1n) is 8.07. The number of rotatable bonds is 5. The van der Waals surface area contributed by atoms with Crippen LogP contribution in [0.5, 0.6) is 5.75 Å². The molecule has 0 amide bonds. The minimum atomic E-state index is 0.379. The molecule has 0 heterocycles. The van der Waals surface area contributed by atoms with E-state index in [9.17, 15) is 5.11 Å². The standard InChI is InChI=1S/C21H22NOP/c1-15-11-12-19(23)20(13-15)24-21-16(2)7-6-8-17(21)14-22-18-9-4-3-5-10-18/h3-13,22-24H,14H2,1-2H3. The van der Waals surface area contributed by atoms with Crippen LogP contribution >= 0.6 is 8.58 Å². The van der Waals surface area contributed by atoms with Gasteiger partial charge in [0.25, 0.3) is 0 Å². The number of nitrogens with one attached hydrogen (secondary N) is 1. The van der Waals surface area contributed by atoms with Gasteiger partial charge in [-0.1, -0.05) is 56.6 Å². The summed E-state index contributed by atoms with van der Waals surface area (Å²) in [4.78, 5) is 0. The molecule has 3 heteroatoms. The van der Waals surface area contributed by atoms with Gasteiger partial charge in [-0.3, -0.25) is 0 Å². The molecule has 0 aliphatic carbocycles. The second-order valence-corrected chi connectivity index (χ2v) is 7.26. The normalized spacial score (nSPS) is 11.1. The summed E-state index contributed by atoms with van der Waals surface area (Å²) in [6.45, 7) is 4.98. The molecule has 0 spiro atoms. The maximum atomic E-state index is 10.2. The van der Waals surface area contributed by atoms with Crippen LogP contribution in [-0.4, -0.2) is 5.11 Å². The molecule has 2 N–H and O–H groups in total. The van der Waals surface area contributed by atoms with E-state index in [1.54, 1.807) is 6.07 Å². The number of hydrogen-bond donors (Lipinski definition) is 2. The molecule has 0 fully saturated rings. The van der Waals surface area contributed by atoms with Crippen molar-refractivity contribution in [3.63, 3.8) is 0 Å². The number of phenolic OH excluding ortho intramolecular Hbond substituents is 1. The van der Waals surface area contributed by atoms with Gasteiger partial charge in [0.05, 0.1) is 0 Å². The van der Waals surface area contributed by atoms with Crippen LogP contribution in [0.15, 0.2) is 66.7 Å². The summed E-state index contributed by atoms with van der Waals surface area (Å²) in [7, 11) is 0.447. The number of anilines is 1. The quantitative estimate of drug-likeness (QED) is 0.683.